The number of methoxy groups -OCH3 is 1. The highest BCUT2D eigenvalue weighted by atomic mass is 16.5. The Morgan fingerprint density at radius 2 is 2.00 bits per heavy atom. The lowest BCUT2D eigenvalue weighted by Gasteiger charge is -2.44. The predicted octanol–water partition coefficient (Wildman–Crippen LogP) is 2.79. The molecule has 0 atom stereocenters. The van der Waals surface area contributed by atoms with E-state index >= 15 is 0 Å². The molecule has 19 heavy (non-hydrogen) atoms. The molecule has 1 aliphatic rings. The van der Waals surface area contributed by atoms with Gasteiger partial charge in [-0.25, -0.2) is 0 Å². The van der Waals surface area contributed by atoms with Crippen molar-refractivity contribution in [2.45, 2.75) is 44.2 Å². The third kappa shape index (κ3) is 3.28. The normalized spacial score (nSPS) is 18.5. The minimum Gasteiger partial charge on any atom is -0.497 e. The van der Waals surface area contributed by atoms with Crippen LogP contribution in [0.15, 0.2) is 24.3 Å². The Labute approximate surface area is 116 Å². The van der Waals surface area contributed by atoms with Crippen molar-refractivity contribution in [3.05, 3.63) is 29.8 Å². The number of rotatable bonds is 5. The van der Waals surface area contributed by atoms with E-state index in [1.165, 1.54) is 37.7 Å². The van der Waals surface area contributed by atoms with Crippen molar-refractivity contribution in [3.63, 3.8) is 0 Å². The van der Waals surface area contributed by atoms with E-state index in [-0.39, 0.29) is 5.54 Å². The molecule has 2 rings (SSSR count). The van der Waals surface area contributed by atoms with E-state index in [0.29, 0.717) is 0 Å². The first-order chi connectivity index (χ1) is 9.20. The van der Waals surface area contributed by atoms with Gasteiger partial charge in [0.25, 0.3) is 0 Å². The van der Waals surface area contributed by atoms with Crippen molar-refractivity contribution in [1.82, 2.24) is 4.90 Å². The van der Waals surface area contributed by atoms with Crippen LogP contribution in [0.3, 0.4) is 0 Å². The molecule has 0 radical (unpaired) electrons. The molecule has 0 unspecified atom stereocenters. The van der Waals surface area contributed by atoms with Gasteiger partial charge < -0.3 is 10.5 Å². The number of hydrogen-bond donors (Lipinski definition) is 1. The van der Waals surface area contributed by atoms with Gasteiger partial charge in [-0.15, -0.1) is 0 Å². The van der Waals surface area contributed by atoms with Gasteiger partial charge in [-0.2, -0.15) is 0 Å². The highest BCUT2D eigenvalue weighted by molar-refractivity contribution is 5.28. The molecule has 1 aliphatic carbocycles. The van der Waals surface area contributed by atoms with Gasteiger partial charge in [0.15, 0.2) is 0 Å². The van der Waals surface area contributed by atoms with Crippen molar-refractivity contribution >= 4 is 0 Å². The largest absolute Gasteiger partial charge is 0.497 e. The molecule has 1 saturated carbocycles. The summed E-state index contributed by atoms with van der Waals surface area (Å²) in [5.41, 5.74) is 7.57. The molecule has 0 bridgehead atoms. The predicted molar refractivity (Wildman–Crippen MR) is 79.3 cm³/mol. The molecule has 0 aliphatic heterocycles. The first kappa shape index (κ1) is 14.4. The Morgan fingerprint density at radius 3 is 2.63 bits per heavy atom. The molecule has 0 amide bonds. The number of ether oxygens (including phenoxy) is 1. The molecule has 1 fully saturated rings. The summed E-state index contributed by atoms with van der Waals surface area (Å²) in [7, 11) is 3.92. The summed E-state index contributed by atoms with van der Waals surface area (Å²) in [5.74, 6) is 0.927. The van der Waals surface area contributed by atoms with Crippen LogP contribution in [0.1, 0.15) is 37.7 Å². The summed E-state index contributed by atoms with van der Waals surface area (Å²) in [6.45, 7) is 1.70. The molecule has 0 aromatic heterocycles. The standard InChI is InChI=1S/C16H26N2O/c1-18(16(13-17)9-4-3-5-10-16)12-14-7-6-8-15(11-14)19-2/h6-8,11H,3-5,9-10,12-13,17H2,1-2H3. The fourth-order valence-corrected chi connectivity index (χ4v) is 3.16. The number of nitrogens with two attached hydrogens (primary N) is 1. The van der Waals surface area contributed by atoms with Gasteiger partial charge in [0, 0.05) is 18.6 Å². The highest BCUT2D eigenvalue weighted by Gasteiger charge is 2.34. The number of nitrogens with zero attached hydrogens (tertiary/aromatic N) is 1. The Bertz CT molecular complexity index is 399. The third-order valence-corrected chi connectivity index (χ3v) is 4.53. The van der Waals surface area contributed by atoms with Gasteiger partial charge in [-0.3, -0.25) is 4.90 Å². The van der Waals surface area contributed by atoms with Crippen molar-refractivity contribution in [2.24, 2.45) is 5.73 Å². The van der Waals surface area contributed by atoms with Crippen LogP contribution in [0.2, 0.25) is 0 Å². The fourth-order valence-electron chi connectivity index (χ4n) is 3.16. The molecular formula is C16H26N2O. The second-order valence-electron chi connectivity index (χ2n) is 5.70. The summed E-state index contributed by atoms with van der Waals surface area (Å²) in [6.07, 6.45) is 6.42. The summed E-state index contributed by atoms with van der Waals surface area (Å²) in [6, 6.07) is 8.32. The Morgan fingerprint density at radius 1 is 1.26 bits per heavy atom. The van der Waals surface area contributed by atoms with Gasteiger partial charge in [-0.1, -0.05) is 31.4 Å². The summed E-state index contributed by atoms with van der Waals surface area (Å²) < 4.78 is 5.29. The monoisotopic (exact) mass is 262 g/mol. The zero-order chi connectivity index (χ0) is 13.7. The van der Waals surface area contributed by atoms with Crippen molar-refractivity contribution in [3.8, 4) is 5.75 Å². The summed E-state index contributed by atoms with van der Waals surface area (Å²) in [5, 5.41) is 0. The second kappa shape index (κ2) is 6.40. The smallest absolute Gasteiger partial charge is 0.119 e. The fraction of sp³-hybridized carbons (Fsp3) is 0.625. The lowest BCUT2D eigenvalue weighted by molar-refractivity contribution is 0.0758. The zero-order valence-electron chi connectivity index (χ0n) is 12.2. The van der Waals surface area contributed by atoms with Crippen LogP contribution >= 0.6 is 0 Å². The molecule has 2 N–H and O–H groups in total. The van der Waals surface area contributed by atoms with E-state index in [0.717, 1.165) is 18.8 Å². The molecular weight excluding hydrogens is 236 g/mol. The second-order valence-corrected chi connectivity index (χ2v) is 5.70. The minimum absolute atomic E-state index is 0.196. The lowest BCUT2D eigenvalue weighted by atomic mass is 9.80. The van der Waals surface area contributed by atoms with Crippen LogP contribution in [0.25, 0.3) is 0 Å². The SMILES string of the molecule is COc1cccc(CN(C)C2(CN)CCCCC2)c1. The first-order valence-electron chi connectivity index (χ1n) is 7.24. The molecule has 3 heteroatoms. The van der Waals surface area contributed by atoms with E-state index < -0.39 is 0 Å². The molecule has 106 valence electrons. The highest BCUT2D eigenvalue weighted by Crippen LogP contribution is 2.33. The van der Waals surface area contributed by atoms with E-state index in [1.807, 2.05) is 6.07 Å². The number of likely N-dealkylation sites (N-methyl/N-ethyl adjacent to an activating group) is 1. The summed E-state index contributed by atoms with van der Waals surface area (Å²) in [4.78, 5) is 2.45. The third-order valence-electron chi connectivity index (χ3n) is 4.53. The van der Waals surface area contributed by atoms with E-state index in [2.05, 4.69) is 30.1 Å². The quantitative estimate of drug-likeness (QED) is 0.887. The maximum Gasteiger partial charge on any atom is 0.119 e. The van der Waals surface area contributed by atoms with Crippen LogP contribution in [0.5, 0.6) is 5.75 Å². The van der Waals surface area contributed by atoms with Crippen molar-refractivity contribution in [2.75, 3.05) is 20.7 Å². The van der Waals surface area contributed by atoms with E-state index in [4.69, 9.17) is 10.5 Å². The van der Waals surface area contributed by atoms with Crippen LogP contribution in [-0.4, -0.2) is 31.1 Å². The Balaban J connectivity index is 2.07. The molecule has 1 aromatic rings. The maximum atomic E-state index is 6.08. The topological polar surface area (TPSA) is 38.5 Å². The van der Waals surface area contributed by atoms with Crippen LogP contribution < -0.4 is 10.5 Å². The number of benzene rings is 1. The van der Waals surface area contributed by atoms with Crippen LogP contribution in [0, 0.1) is 0 Å². The first-order valence-corrected chi connectivity index (χ1v) is 7.24. The molecule has 0 spiro atoms. The van der Waals surface area contributed by atoms with Gasteiger partial charge in [-0.05, 0) is 37.6 Å². The van der Waals surface area contributed by atoms with Crippen molar-refractivity contribution < 1.29 is 4.74 Å². The van der Waals surface area contributed by atoms with Gasteiger partial charge >= 0.3 is 0 Å². The van der Waals surface area contributed by atoms with E-state index in [1.54, 1.807) is 7.11 Å². The molecule has 1 aromatic carbocycles. The zero-order valence-corrected chi connectivity index (χ0v) is 12.2. The van der Waals surface area contributed by atoms with Crippen molar-refractivity contribution in [1.29, 1.82) is 0 Å². The Kier molecular flexibility index (Phi) is 4.83. The molecule has 3 nitrogen and oxygen atoms in total. The Hall–Kier alpha value is -1.06. The van der Waals surface area contributed by atoms with Gasteiger partial charge in [0.2, 0.25) is 0 Å². The van der Waals surface area contributed by atoms with Crippen LogP contribution in [-0.2, 0) is 6.54 Å². The average Bonchev–Trinajstić information content (AvgIpc) is 2.48. The summed E-state index contributed by atoms with van der Waals surface area (Å²) >= 11 is 0. The van der Waals surface area contributed by atoms with E-state index in [9.17, 15) is 0 Å². The van der Waals surface area contributed by atoms with Gasteiger partial charge in [0.1, 0.15) is 5.75 Å². The van der Waals surface area contributed by atoms with Crippen LogP contribution in [0.4, 0.5) is 0 Å². The van der Waals surface area contributed by atoms with Gasteiger partial charge in [0.05, 0.1) is 7.11 Å². The lowest BCUT2D eigenvalue weighted by Crippen LogP contribution is -2.52. The maximum absolute atomic E-state index is 6.08. The molecule has 0 saturated heterocycles. The molecule has 0 heterocycles. The minimum atomic E-state index is 0.196. The average molecular weight is 262 g/mol. The number of hydrogen-bond acceptors (Lipinski definition) is 3.